The van der Waals surface area contributed by atoms with Crippen molar-refractivity contribution in [2.24, 2.45) is 0 Å². The predicted molar refractivity (Wildman–Crippen MR) is 64.8 cm³/mol. The Morgan fingerprint density at radius 2 is 2.06 bits per heavy atom. The van der Waals surface area contributed by atoms with Gasteiger partial charge in [0, 0.05) is 5.56 Å². The van der Waals surface area contributed by atoms with E-state index < -0.39 is 33.3 Å². The van der Waals surface area contributed by atoms with Gasteiger partial charge in [0.2, 0.25) is 0 Å². The molecule has 1 atom stereocenters. The van der Waals surface area contributed by atoms with Gasteiger partial charge in [-0.25, -0.2) is 17.2 Å². The predicted octanol–water partition coefficient (Wildman–Crippen LogP) is 1.99. The van der Waals surface area contributed by atoms with Crippen molar-refractivity contribution >= 4 is 9.84 Å². The lowest BCUT2D eigenvalue weighted by molar-refractivity contribution is 0.196. The highest BCUT2D eigenvalue weighted by molar-refractivity contribution is 7.91. The maximum Gasteiger partial charge on any atom is 0.156 e. The first kappa shape index (κ1) is 14.8. The van der Waals surface area contributed by atoms with Crippen molar-refractivity contribution in [1.82, 2.24) is 0 Å². The fraction of sp³-hybridized carbons (Fsp3) is 0.333. The highest BCUT2D eigenvalue weighted by atomic mass is 32.2. The van der Waals surface area contributed by atoms with Gasteiger partial charge >= 0.3 is 0 Å². The molecule has 0 bridgehead atoms. The molecule has 1 unspecified atom stereocenters. The SMILES string of the molecule is CC=CCS(=O)(=O)CC(O)c1cc(F)ccc1F. The van der Waals surface area contributed by atoms with Gasteiger partial charge in [0.15, 0.2) is 9.84 Å². The van der Waals surface area contributed by atoms with Gasteiger partial charge in [-0.15, -0.1) is 0 Å². The molecule has 1 N–H and O–H groups in total. The third-order valence-electron chi connectivity index (χ3n) is 2.31. The Bertz CT molecular complexity index is 538. The number of hydrogen-bond donors (Lipinski definition) is 1. The highest BCUT2D eigenvalue weighted by Crippen LogP contribution is 2.20. The first-order chi connectivity index (χ1) is 8.35. The molecule has 0 aliphatic carbocycles. The van der Waals surface area contributed by atoms with Gasteiger partial charge in [0.1, 0.15) is 11.6 Å². The minimum absolute atomic E-state index is 0.239. The van der Waals surface area contributed by atoms with Crippen molar-refractivity contribution < 1.29 is 22.3 Å². The Labute approximate surface area is 105 Å². The Kier molecular flexibility index (Phi) is 4.98. The summed E-state index contributed by atoms with van der Waals surface area (Å²) in [6, 6.07) is 2.55. The van der Waals surface area contributed by atoms with Crippen LogP contribution in [0, 0.1) is 11.6 Å². The minimum Gasteiger partial charge on any atom is -0.387 e. The standard InChI is InChI=1S/C12H14F2O3S/c1-2-3-6-18(16,17)8-12(15)10-7-9(13)4-5-11(10)14/h2-5,7,12,15H,6,8H2,1H3. The van der Waals surface area contributed by atoms with E-state index >= 15 is 0 Å². The molecule has 0 aliphatic rings. The van der Waals surface area contributed by atoms with Crippen molar-refractivity contribution in [1.29, 1.82) is 0 Å². The van der Waals surface area contributed by atoms with Crippen molar-refractivity contribution in [2.45, 2.75) is 13.0 Å². The van der Waals surface area contributed by atoms with Gasteiger partial charge in [0.25, 0.3) is 0 Å². The smallest absolute Gasteiger partial charge is 0.156 e. The van der Waals surface area contributed by atoms with Gasteiger partial charge in [-0.1, -0.05) is 12.2 Å². The van der Waals surface area contributed by atoms with Gasteiger partial charge in [-0.3, -0.25) is 0 Å². The summed E-state index contributed by atoms with van der Waals surface area (Å²) in [6.07, 6.45) is 1.41. The molecule has 0 saturated heterocycles. The van der Waals surface area contributed by atoms with Crippen LogP contribution < -0.4 is 0 Å². The summed E-state index contributed by atoms with van der Waals surface area (Å²) in [5.74, 6) is -2.43. The summed E-state index contributed by atoms with van der Waals surface area (Å²) < 4.78 is 49.3. The zero-order chi connectivity index (χ0) is 13.8. The molecule has 3 nitrogen and oxygen atoms in total. The molecule has 18 heavy (non-hydrogen) atoms. The molecule has 0 heterocycles. The third kappa shape index (κ3) is 4.19. The van der Waals surface area contributed by atoms with Crippen LogP contribution in [0.15, 0.2) is 30.4 Å². The zero-order valence-corrected chi connectivity index (χ0v) is 10.6. The fourth-order valence-electron chi connectivity index (χ4n) is 1.41. The number of allylic oxidation sites excluding steroid dienone is 1. The van der Waals surface area contributed by atoms with E-state index in [1.165, 1.54) is 6.08 Å². The Hall–Kier alpha value is -1.27. The lowest BCUT2D eigenvalue weighted by Crippen LogP contribution is -2.17. The molecular weight excluding hydrogens is 262 g/mol. The van der Waals surface area contributed by atoms with Crippen LogP contribution in [0.4, 0.5) is 8.78 Å². The van der Waals surface area contributed by atoms with E-state index in [9.17, 15) is 22.3 Å². The fourth-order valence-corrected chi connectivity index (χ4v) is 2.69. The second-order valence-corrected chi connectivity index (χ2v) is 5.98. The number of aliphatic hydroxyl groups excluding tert-OH is 1. The van der Waals surface area contributed by atoms with Gasteiger partial charge in [-0.05, 0) is 25.1 Å². The molecule has 0 radical (unpaired) electrons. The van der Waals surface area contributed by atoms with Gasteiger partial charge in [-0.2, -0.15) is 0 Å². The summed E-state index contributed by atoms with van der Waals surface area (Å²) in [5.41, 5.74) is -0.348. The summed E-state index contributed by atoms with van der Waals surface area (Å²) in [5, 5.41) is 9.65. The molecule has 1 aromatic carbocycles. The van der Waals surface area contributed by atoms with Gasteiger partial charge < -0.3 is 5.11 Å². The molecule has 100 valence electrons. The number of sulfone groups is 1. The van der Waals surface area contributed by atoms with Crippen LogP contribution in [0.3, 0.4) is 0 Å². The molecule has 0 saturated carbocycles. The van der Waals surface area contributed by atoms with E-state index in [1.54, 1.807) is 13.0 Å². The monoisotopic (exact) mass is 276 g/mol. The quantitative estimate of drug-likeness (QED) is 0.837. The van der Waals surface area contributed by atoms with Crippen molar-refractivity contribution in [3.8, 4) is 0 Å². The molecule has 0 spiro atoms. The van der Waals surface area contributed by atoms with E-state index in [4.69, 9.17) is 0 Å². The minimum atomic E-state index is -3.55. The zero-order valence-electron chi connectivity index (χ0n) is 9.81. The van der Waals surface area contributed by atoms with Crippen molar-refractivity contribution in [3.05, 3.63) is 47.5 Å². The Balaban J connectivity index is 2.88. The third-order valence-corrected chi connectivity index (χ3v) is 3.84. The average molecular weight is 276 g/mol. The molecule has 0 amide bonds. The van der Waals surface area contributed by atoms with Crippen molar-refractivity contribution in [3.63, 3.8) is 0 Å². The number of aliphatic hydroxyl groups is 1. The van der Waals surface area contributed by atoms with E-state index in [2.05, 4.69) is 0 Å². The van der Waals surface area contributed by atoms with Crippen LogP contribution in [-0.2, 0) is 9.84 Å². The summed E-state index contributed by atoms with van der Waals surface area (Å²) in [6.45, 7) is 1.66. The number of halogens is 2. The largest absolute Gasteiger partial charge is 0.387 e. The Morgan fingerprint density at radius 3 is 2.67 bits per heavy atom. The molecule has 0 aliphatic heterocycles. The van der Waals surface area contributed by atoms with Crippen LogP contribution in [-0.4, -0.2) is 25.0 Å². The second kappa shape index (κ2) is 6.06. The number of rotatable bonds is 5. The molecule has 1 rings (SSSR count). The van der Waals surface area contributed by atoms with E-state index in [0.29, 0.717) is 0 Å². The number of hydrogen-bond acceptors (Lipinski definition) is 3. The molecule has 0 fully saturated rings. The highest BCUT2D eigenvalue weighted by Gasteiger charge is 2.20. The number of benzene rings is 1. The summed E-state index contributed by atoms with van der Waals surface area (Å²) in [7, 11) is -3.55. The molecule has 1 aromatic rings. The van der Waals surface area contributed by atoms with Crippen LogP contribution >= 0.6 is 0 Å². The second-order valence-electron chi connectivity index (χ2n) is 3.83. The Morgan fingerprint density at radius 1 is 1.39 bits per heavy atom. The first-order valence-electron chi connectivity index (χ1n) is 5.30. The van der Waals surface area contributed by atoms with E-state index in [1.807, 2.05) is 0 Å². The molecule has 6 heteroatoms. The maximum absolute atomic E-state index is 13.3. The summed E-state index contributed by atoms with van der Waals surface area (Å²) in [4.78, 5) is 0. The van der Waals surface area contributed by atoms with Crippen LogP contribution in [0.1, 0.15) is 18.6 Å². The van der Waals surface area contributed by atoms with Crippen LogP contribution in [0.2, 0.25) is 0 Å². The lowest BCUT2D eigenvalue weighted by atomic mass is 10.1. The van der Waals surface area contributed by atoms with E-state index in [-0.39, 0.29) is 11.3 Å². The topological polar surface area (TPSA) is 54.4 Å². The lowest BCUT2D eigenvalue weighted by Gasteiger charge is -2.11. The van der Waals surface area contributed by atoms with E-state index in [0.717, 1.165) is 18.2 Å². The molecular formula is C12H14F2O3S. The first-order valence-corrected chi connectivity index (χ1v) is 7.12. The molecule has 0 aromatic heterocycles. The van der Waals surface area contributed by atoms with Crippen LogP contribution in [0.25, 0.3) is 0 Å². The van der Waals surface area contributed by atoms with Crippen molar-refractivity contribution in [2.75, 3.05) is 11.5 Å². The normalized spacial score (nSPS) is 14.0. The van der Waals surface area contributed by atoms with Crippen LogP contribution in [0.5, 0.6) is 0 Å². The average Bonchev–Trinajstić information content (AvgIpc) is 2.29. The van der Waals surface area contributed by atoms with Gasteiger partial charge in [0.05, 0.1) is 17.6 Å². The summed E-state index contributed by atoms with van der Waals surface area (Å²) >= 11 is 0. The maximum atomic E-state index is 13.3.